The number of amides is 1. The molecule has 0 aliphatic heterocycles. The van der Waals surface area contributed by atoms with Gasteiger partial charge in [-0.15, -0.1) is 0 Å². The summed E-state index contributed by atoms with van der Waals surface area (Å²) in [6.45, 7) is 3.99. The van der Waals surface area contributed by atoms with Crippen molar-refractivity contribution in [2.45, 2.75) is 25.4 Å². The van der Waals surface area contributed by atoms with Crippen LogP contribution in [0.25, 0.3) is 16.7 Å². The number of aromatic nitrogens is 3. The molecule has 4 rings (SSSR count). The molecular formula is C24H22N4O2S. The minimum absolute atomic E-state index is 0.120. The quantitative estimate of drug-likeness (QED) is 0.363. The Morgan fingerprint density at radius 1 is 1.10 bits per heavy atom. The number of pyridine rings is 1. The van der Waals surface area contributed by atoms with E-state index < -0.39 is 0 Å². The number of hydrogen-bond acceptors (Lipinski definition) is 5. The van der Waals surface area contributed by atoms with E-state index in [1.54, 1.807) is 18.3 Å². The molecule has 4 aromatic rings. The molecule has 0 saturated heterocycles. The van der Waals surface area contributed by atoms with Crippen molar-refractivity contribution < 1.29 is 4.79 Å². The Morgan fingerprint density at radius 3 is 2.68 bits per heavy atom. The largest absolute Gasteiger partial charge is 0.325 e. The third kappa shape index (κ3) is 4.51. The molecular weight excluding hydrogens is 408 g/mol. The van der Waals surface area contributed by atoms with Gasteiger partial charge in [0.05, 0.1) is 16.7 Å². The molecule has 0 spiro atoms. The third-order valence-electron chi connectivity index (χ3n) is 4.88. The fourth-order valence-corrected chi connectivity index (χ4v) is 4.12. The van der Waals surface area contributed by atoms with Gasteiger partial charge < -0.3 is 5.32 Å². The van der Waals surface area contributed by atoms with Crippen molar-refractivity contribution in [1.29, 1.82) is 0 Å². The highest BCUT2D eigenvalue weighted by Gasteiger charge is 2.16. The summed E-state index contributed by atoms with van der Waals surface area (Å²) >= 11 is 1.22. The second-order valence-electron chi connectivity index (χ2n) is 7.09. The lowest BCUT2D eigenvalue weighted by Crippen LogP contribution is -2.23. The van der Waals surface area contributed by atoms with Crippen molar-refractivity contribution in [1.82, 2.24) is 14.5 Å². The number of para-hydroxylation sites is 2. The predicted octanol–water partition coefficient (Wildman–Crippen LogP) is 4.38. The SMILES string of the molecule is CCc1ccccc1NC(=O)CSc1nc2ccccc2c(=O)n1-c1cc(C)ccn1. The lowest BCUT2D eigenvalue weighted by Gasteiger charge is -2.13. The van der Waals surface area contributed by atoms with Crippen LogP contribution in [0, 0.1) is 6.92 Å². The van der Waals surface area contributed by atoms with Crippen LogP contribution in [0.1, 0.15) is 18.1 Å². The molecule has 2 aromatic carbocycles. The van der Waals surface area contributed by atoms with Gasteiger partial charge in [-0.05, 0) is 54.8 Å². The number of fused-ring (bicyclic) bond motifs is 1. The standard InChI is InChI=1S/C24H22N4O2S/c1-3-17-8-4-6-10-19(17)26-22(29)15-31-24-27-20-11-7-5-9-18(20)23(30)28(24)21-14-16(2)12-13-25-21/h4-14H,3,15H2,1-2H3,(H,26,29). The van der Waals surface area contributed by atoms with Gasteiger partial charge in [0.2, 0.25) is 5.91 Å². The summed E-state index contributed by atoms with van der Waals surface area (Å²) < 4.78 is 1.48. The summed E-state index contributed by atoms with van der Waals surface area (Å²) in [5, 5.41) is 3.90. The first-order valence-electron chi connectivity index (χ1n) is 10.0. The number of anilines is 1. The highest BCUT2D eigenvalue weighted by Crippen LogP contribution is 2.22. The molecule has 1 amide bonds. The molecule has 0 unspecified atom stereocenters. The summed E-state index contributed by atoms with van der Waals surface area (Å²) in [4.78, 5) is 34.9. The topological polar surface area (TPSA) is 76.9 Å². The maximum Gasteiger partial charge on any atom is 0.267 e. The summed E-state index contributed by atoms with van der Waals surface area (Å²) in [5.41, 5.74) is 3.25. The van der Waals surface area contributed by atoms with Crippen LogP contribution < -0.4 is 10.9 Å². The van der Waals surface area contributed by atoms with Crippen LogP contribution in [0.4, 0.5) is 5.69 Å². The first kappa shape index (κ1) is 20.8. The van der Waals surface area contributed by atoms with Gasteiger partial charge in [0.15, 0.2) is 5.16 Å². The minimum Gasteiger partial charge on any atom is -0.325 e. The second-order valence-corrected chi connectivity index (χ2v) is 8.03. The molecule has 0 fully saturated rings. The highest BCUT2D eigenvalue weighted by atomic mass is 32.2. The lowest BCUT2D eigenvalue weighted by atomic mass is 10.1. The number of thioether (sulfide) groups is 1. The monoisotopic (exact) mass is 430 g/mol. The zero-order chi connectivity index (χ0) is 21.8. The van der Waals surface area contributed by atoms with E-state index in [0.29, 0.717) is 21.9 Å². The Hall–Kier alpha value is -3.45. The molecule has 7 heteroatoms. The summed E-state index contributed by atoms with van der Waals surface area (Å²) in [6.07, 6.45) is 2.49. The molecule has 0 radical (unpaired) electrons. The van der Waals surface area contributed by atoms with Crippen LogP contribution in [0.5, 0.6) is 0 Å². The van der Waals surface area contributed by atoms with Gasteiger partial charge in [-0.2, -0.15) is 0 Å². The van der Waals surface area contributed by atoms with Crippen molar-refractivity contribution in [3.8, 4) is 5.82 Å². The maximum absolute atomic E-state index is 13.2. The fourth-order valence-electron chi connectivity index (χ4n) is 3.32. The molecule has 0 bridgehead atoms. The Labute approximate surface area is 184 Å². The van der Waals surface area contributed by atoms with E-state index in [1.165, 1.54) is 16.3 Å². The van der Waals surface area contributed by atoms with Crippen LogP contribution in [-0.2, 0) is 11.2 Å². The van der Waals surface area contributed by atoms with Gasteiger partial charge in [0, 0.05) is 11.9 Å². The van der Waals surface area contributed by atoms with Crippen molar-refractivity contribution >= 4 is 34.3 Å². The molecule has 0 aliphatic carbocycles. The van der Waals surface area contributed by atoms with Gasteiger partial charge >= 0.3 is 0 Å². The van der Waals surface area contributed by atoms with Crippen molar-refractivity contribution in [3.63, 3.8) is 0 Å². The third-order valence-corrected chi connectivity index (χ3v) is 5.82. The van der Waals surface area contributed by atoms with Gasteiger partial charge in [0.1, 0.15) is 5.82 Å². The summed E-state index contributed by atoms with van der Waals surface area (Å²) in [5.74, 6) is 0.453. The van der Waals surface area contributed by atoms with Crippen LogP contribution in [0.3, 0.4) is 0 Å². The van der Waals surface area contributed by atoms with E-state index in [0.717, 1.165) is 23.2 Å². The van der Waals surface area contributed by atoms with Crippen molar-refractivity contribution in [2.75, 3.05) is 11.1 Å². The number of hydrogen-bond donors (Lipinski definition) is 1. The first-order chi connectivity index (χ1) is 15.1. The van der Waals surface area contributed by atoms with Crippen molar-refractivity contribution in [3.05, 3.63) is 88.3 Å². The Kier molecular flexibility index (Phi) is 6.13. The molecule has 0 atom stereocenters. The Balaban J connectivity index is 1.67. The number of aryl methyl sites for hydroxylation is 2. The van der Waals surface area contributed by atoms with Crippen LogP contribution >= 0.6 is 11.8 Å². The maximum atomic E-state index is 13.2. The summed E-state index contributed by atoms with van der Waals surface area (Å²) in [6, 6.07) is 18.6. The second kappa shape index (κ2) is 9.14. The first-order valence-corrected chi connectivity index (χ1v) is 11.0. The van der Waals surface area contributed by atoms with E-state index in [2.05, 4.69) is 15.3 Å². The molecule has 6 nitrogen and oxygen atoms in total. The highest BCUT2D eigenvalue weighted by molar-refractivity contribution is 7.99. The summed E-state index contributed by atoms with van der Waals surface area (Å²) in [7, 11) is 0. The van der Waals surface area contributed by atoms with Gasteiger partial charge in [-0.3, -0.25) is 9.59 Å². The van der Waals surface area contributed by atoms with E-state index in [1.807, 2.05) is 62.4 Å². The van der Waals surface area contributed by atoms with Crippen LogP contribution in [0.2, 0.25) is 0 Å². The Morgan fingerprint density at radius 2 is 1.87 bits per heavy atom. The molecule has 2 heterocycles. The predicted molar refractivity (Wildman–Crippen MR) is 125 cm³/mol. The van der Waals surface area contributed by atoms with E-state index in [-0.39, 0.29) is 17.2 Å². The minimum atomic E-state index is -0.206. The van der Waals surface area contributed by atoms with E-state index in [4.69, 9.17) is 0 Å². The molecule has 0 aliphatic rings. The van der Waals surface area contributed by atoms with Gasteiger partial charge in [-0.1, -0.05) is 49.0 Å². The number of nitrogens with one attached hydrogen (secondary N) is 1. The zero-order valence-electron chi connectivity index (χ0n) is 17.3. The Bertz CT molecular complexity index is 1320. The zero-order valence-corrected chi connectivity index (χ0v) is 18.1. The number of carbonyl (C=O) groups is 1. The van der Waals surface area contributed by atoms with Crippen LogP contribution in [-0.4, -0.2) is 26.2 Å². The number of benzene rings is 2. The smallest absolute Gasteiger partial charge is 0.267 e. The van der Waals surface area contributed by atoms with E-state index in [9.17, 15) is 9.59 Å². The fraction of sp³-hybridized carbons (Fsp3) is 0.167. The average molecular weight is 431 g/mol. The van der Waals surface area contributed by atoms with Crippen LogP contribution in [0.15, 0.2) is 76.8 Å². The van der Waals surface area contributed by atoms with E-state index >= 15 is 0 Å². The molecule has 31 heavy (non-hydrogen) atoms. The van der Waals surface area contributed by atoms with Gasteiger partial charge in [-0.25, -0.2) is 14.5 Å². The lowest BCUT2D eigenvalue weighted by molar-refractivity contribution is -0.113. The number of rotatable bonds is 6. The molecule has 156 valence electrons. The van der Waals surface area contributed by atoms with Gasteiger partial charge in [0.25, 0.3) is 5.56 Å². The molecule has 0 saturated carbocycles. The molecule has 1 N–H and O–H groups in total. The number of nitrogens with zero attached hydrogens (tertiary/aromatic N) is 3. The van der Waals surface area contributed by atoms with Crippen molar-refractivity contribution in [2.24, 2.45) is 0 Å². The molecule has 2 aromatic heterocycles. The average Bonchev–Trinajstić information content (AvgIpc) is 2.78. The number of carbonyl (C=O) groups excluding carboxylic acids is 1. The normalized spacial score (nSPS) is 10.9.